The van der Waals surface area contributed by atoms with Crippen LogP contribution in [0.2, 0.25) is 0 Å². The first-order chi connectivity index (χ1) is 17.0. The highest BCUT2D eigenvalue weighted by Gasteiger charge is 2.30. The van der Waals surface area contributed by atoms with E-state index in [9.17, 15) is 15.3 Å². The van der Waals surface area contributed by atoms with Gasteiger partial charge in [0.15, 0.2) is 0 Å². The standard InChI is InChI=1S/C32H66O3/c1-3-5-7-9-11-13-15-17-18-20-22-24-26-28-30-31(32(33,34)35)29-27-25-23-21-19-16-14-12-10-8-6-4-2/h31,33-35H,3-30H2,1-2H3. The second kappa shape index (κ2) is 26.9. The van der Waals surface area contributed by atoms with Gasteiger partial charge in [0.25, 0.3) is 5.97 Å². The molecule has 0 radical (unpaired) electrons. The van der Waals surface area contributed by atoms with Gasteiger partial charge in [0.2, 0.25) is 0 Å². The molecule has 212 valence electrons. The zero-order valence-electron chi connectivity index (χ0n) is 24.2. The van der Waals surface area contributed by atoms with Gasteiger partial charge in [0.05, 0.1) is 0 Å². The van der Waals surface area contributed by atoms with E-state index < -0.39 is 11.9 Å². The first-order valence-corrected chi connectivity index (χ1v) is 16.2. The van der Waals surface area contributed by atoms with Crippen molar-refractivity contribution in [3.8, 4) is 0 Å². The van der Waals surface area contributed by atoms with E-state index in [1.54, 1.807) is 0 Å². The minimum absolute atomic E-state index is 0.400. The number of hydrogen-bond donors (Lipinski definition) is 3. The summed E-state index contributed by atoms with van der Waals surface area (Å²) in [5, 5.41) is 29.3. The second-order valence-electron chi connectivity index (χ2n) is 11.4. The summed E-state index contributed by atoms with van der Waals surface area (Å²) in [4.78, 5) is 0. The van der Waals surface area contributed by atoms with Crippen LogP contribution in [0.4, 0.5) is 0 Å². The first kappa shape index (κ1) is 34.9. The van der Waals surface area contributed by atoms with E-state index >= 15 is 0 Å². The Bertz CT molecular complexity index is 391. The number of hydrogen-bond acceptors (Lipinski definition) is 3. The molecule has 0 bridgehead atoms. The number of aliphatic hydroxyl groups is 3. The minimum atomic E-state index is -2.51. The topological polar surface area (TPSA) is 60.7 Å². The summed E-state index contributed by atoms with van der Waals surface area (Å²) in [7, 11) is 0. The van der Waals surface area contributed by atoms with Crippen LogP contribution in [-0.4, -0.2) is 21.3 Å². The molecule has 3 heteroatoms. The molecule has 0 amide bonds. The quantitative estimate of drug-likeness (QED) is 0.0710. The minimum Gasteiger partial charge on any atom is -0.343 e. The van der Waals surface area contributed by atoms with Crippen LogP contribution in [0.5, 0.6) is 0 Å². The van der Waals surface area contributed by atoms with Crippen LogP contribution in [0.15, 0.2) is 0 Å². The van der Waals surface area contributed by atoms with Gasteiger partial charge in [0, 0.05) is 5.92 Å². The van der Waals surface area contributed by atoms with E-state index in [0.717, 1.165) is 38.5 Å². The van der Waals surface area contributed by atoms with Crippen molar-refractivity contribution in [3.05, 3.63) is 0 Å². The number of unbranched alkanes of at least 4 members (excludes halogenated alkanes) is 24. The third-order valence-corrected chi connectivity index (χ3v) is 7.86. The van der Waals surface area contributed by atoms with Gasteiger partial charge in [-0.1, -0.05) is 181 Å². The molecule has 0 fully saturated rings. The van der Waals surface area contributed by atoms with Gasteiger partial charge in [-0.15, -0.1) is 0 Å². The molecule has 0 aromatic carbocycles. The molecule has 3 nitrogen and oxygen atoms in total. The van der Waals surface area contributed by atoms with Gasteiger partial charge >= 0.3 is 0 Å². The average molecular weight is 499 g/mol. The van der Waals surface area contributed by atoms with Crippen LogP contribution < -0.4 is 0 Å². The van der Waals surface area contributed by atoms with Gasteiger partial charge in [0.1, 0.15) is 0 Å². The lowest BCUT2D eigenvalue weighted by Gasteiger charge is -2.26. The van der Waals surface area contributed by atoms with Crippen LogP contribution in [-0.2, 0) is 0 Å². The van der Waals surface area contributed by atoms with Crippen LogP contribution in [0.1, 0.15) is 194 Å². The molecule has 0 aliphatic heterocycles. The summed E-state index contributed by atoms with van der Waals surface area (Å²) >= 11 is 0. The van der Waals surface area contributed by atoms with Gasteiger partial charge in [-0.25, -0.2) is 0 Å². The summed E-state index contributed by atoms with van der Waals surface area (Å²) < 4.78 is 0. The normalized spacial score (nSPS) is 12.9. The summed E-state index contributed by atoms with van der Waals surface area (Å²) in [6.45, 7) is 4.54. The third kappa shape index (κ3) is 26.7. The third-order valence-electron chi connectivity index (χ3n) is 7.86. The molecule has 1 unspecified atom stereocenters. The van der Waals surface area contributed by atoms with Crippen LogP contribution >= 0.6 is 0 Å². The summed E-state index contributed by atoms with van der Waals surface area (Å²) in [6.07, 6.45) is 35.6. The fourth-order valence-corrected chi connectivity index (χ4v) is 5.35. The van der Waals surface area contributed by atoms with Gasteiger partial charge in [-0.05, 0) is 12.8 Å². The summed E-state index contributed by atoms with van der Waals surface area (Å²) in [5.41, 5.74) is 0. The van der Waals surface area contributed by atoms with E-state index in [0.29, 0.717) is 0 Å². The van der Waals surface area contributed by atoms with E-state index in [2.05, 4.69) is 13.8 Å². The highest BCUT2D eigenvalue weighted by atomic mass is 16.7. The monoisotopic (exact) mass is 499 g/mol. The highest BCUT2D eigenvalue weighted by molar-refractivity contribution is 4.67. The summed E-state index contributed by atoms with van der Waals surface area (Å²) in [5.74, 6) is -2.91. The van der Waals surface area contributed by atoms with Crippen molar-refractivity contribution in [1.29, 1.82) is 0 Å². The van der Waals surface area contributed by atoms with Crippen molar-refractivity contribution >= 4 is 0 Å². The first-order valence-electron chi connectivity index (χ1n) is 16.2. The highest BCUT2D eigenvalue weighted by Crippen LogP contribution is 2.26. The maximum Gasteiger partial charge on any atom is 0.278 e. The Kier molecular flexibility index (Phi) is 26.8. The molecule has 3 N–H and O–H groups in total. The molecule has 0 saturated heterocycles. The Morgan fingerprint density at radius 1 is 0.343 bits per heavy atom. The Balaban J connectivity index is 3.54. The van der Waals surface area contributed by atoms with Gasteiger partial charge in [-0.2, -0.15) is 0 Å². The second-order valence-corrected chi connectivity index (χ2v) is 11.4. The van der Waals surface area contributed by atoms with Crippen molar-refractivity contribution < 1.29 is 15.3 Å². The predicted octanol–water partition coefficient (Wildman–Crippen LogP) is 10.2. The average Bonchev–Trinajstić information content (AvgIpc) is 2.82. The fraction of sp³-hybridized carbons (Fsp3) is 1.00. The zero-order valence-corrected chi connectivity index (χ0v) is 24.2. The van der Waals surface area contributed by atoms with E-state index in [4.69, 9.17) is 0 Å². The Morgan fingerprint density at radius 2 is 0.543 bits per heavy atom. The number of rotatable bonds is 29. The van der Waals surface area contributed by atoms with Crippen molar-refractivity contribution in [1.82, 2.24) is 0 Å². The molecule has 35 heavy (non-hydrogen) atoms. The lowest BCUT2D eigenvalue weighted by atomic mass is 9.92. The van der Waals surface area contributed by atoms with Crippen molar-refractivity contribution in [3.63, 3.8) is 0 Å². The molecule has 0 heterocycles. The Hall–Kier alpha value is -0.120. The molecule has 0 rings (SSSR count). The molecule has 0 aromatic heterocycles. The van der Waals surface area contributed by atoms with Crippen molar-refractivity contribution in [2.24, 2.45) is 5.92 Å². The lowest BCUT2D eigenvalue weighted by Crippen LogP contribution is -2.37. The van der Waals surface area contributed by atoms with E-state index in [-0.39, 0.29) is 0 Å². The van der Waals surface area contributed by atoms with Gasteiger partial charge in [-0.3, -0.25) is 0 Å². The molecule has 0 aromatic rings. The molecule has 0 saturated carbocycles. The Labute approximate surface area is 220 Å². The molecular weight excluding hydrogens is 432 g/mol. The SMILES string of the molecule is CCCCCCCCCCCCCCCCC(CCCCCCCCCCCCCC)C(O)(O)O. The van der Waals surface area contributed by atoms with Crippen LogP contribution in [0.25, 0.3) is 0 Å². The predicted molar refractivity (Wildman–Crippen MR) is 154 cm³/mol. The van der Waals surface area contributed by atoms with Gasteiger partial charge < -0.3 is 15.3 Å². The summed E-state index contributed by atoms with van der Waals surface area (Å²) in [6, 6.07) is 0. The van der Waals surface area contributed by atoms with Crippen molar-refractivity contribution in [2.75, 3.05) is 0 Å². The van der Waals surface area contributed by atoms with Crippen LogP contribution in [0, 0.1) is 5.92 Å². The lowest BCUT2D eigenvalue weighted by molar-refractivity contribution is -0.344. The smallest absolute Gasteiger partial charge is 0.278 e. The maximum absolute atomic E-state index is 9.77. The zero-order chi connectivity index (χ0) is 25.9. The fourth-order valence-electron chi connectivity index (χ4n) is 5.35. The van der Waals surface area contributed by atoms with Crippen molar-refractivity contribution in [2.45, 2.75) is 200 Å². The maximum atomic E-state index is 9.77. The molecule has 0 aliphatic carbocycles. The largest absolute Gasteiger partial charge is 0.343 e. The van der Waals surface area contributed by atoms with Crippen LogP contribution in [0.3, 0.4) is 0 Å². The van der Waals surface area contributed by atoms with E-state index in [1.165, 1.54) is 141 Å². The molecule has 0 spiro atoms. The Morgan fingerprint density at radius 3 is 0.743 bits per heavy atom. The molecule has 0 aliphatic rings. The molecular formula is C32H66O3. The van der Waals surface area contributed by atoms with E-state index in [1.807, 2.05) is 0 Å². The molecule has 1 atom stereocenters.